The fourth-order valence-electron chi connectivity index (χ4n) is 1.30. The molecule has 76 valence electrons. The SMILES string of the molecule is COC1(C(N)=O)C=CC=C(C(N)=O)C1. The fourth-order valence-corrected chi connectivity index (χ4v) is 1.30. The van der Waals surface area contributed by atoms with Crippen LogP contribution in [0.3, 0.4) is 0 Å². The normalized spacial score (nSPS) is 25.6. The van der Waals surface area contributed by atoms with Gasteiger partial charge in [-0.2, -0.15) is 0 Å². The third kappa shape index (κ3) is 1.67. The number of nitrogens with two attached hydrogens (primary N) is 2. The lowest BCUT2D eigenvalue weighted by Crippen LogP contribution is -2.46. The molecule has 1 rings (SSSR count). The van der Waals surface area contributed by atoms with E-state index in [2.05, 4.69) is 0 Å². The Hall–Kier alpha value is -1.62. The maximum Gasteiger partial charge on any atom is 0.254 e. The maximum atomic E-state index is 11.1. The number of ether oxygens (including phenoxy) is 1. The van der Waals surface area contributed by atoms with Crippen molar-refractivity contribution in [3.63, 3.8) is 0 Å². The molecule has 0 aromatic carbocycles. The van der Waals surface area contributed by atoms with Crippen LogP contribution in [-0.2, 0) is 14.3 Å². The number of primary amides is 2. The molecule has 1 aliphatic carbocycles. The summed E-state index contributed by atoms with van der Waals surface area (Å²) in [5.74, 6) is -1.21. The highest BCUT2D eigenvalue weighted by molar-refractivity contribution is 5.96. The summed E-state index contributed by atoms with van der Waals surface area (Å²) in [7, 11) is 1.36. The van der Waals surface area contributed by atoms with Gasteiger partial charge in [0.15, 0.2) is 5.60 Å². The van der Waals surface area contributed by atoms with Crippen LogP contribution in [0.25, 0.3) is 0 Å². The zero-order chi connectivity index (χ0) is 10.8. The van der Waals surface area contributed by atoms with Crippen molar-refractivity contribution in [1.82, 2.24) is 0 Å². The van der Waals surface area contributed by atoms with Crippen molar-refractivity contribution in [2.24, 2.45) is 11.5 Å². The van der Waals surface area contributed by atoms with Gasteiger partial charge in [0.2, 0.25) is 5.91 Å². The molecule has 0 radical (unpaired) electrons. The first-order chi connectivity index (χ1) is 6.52. The topological polar surface area (TPSA) is 95.4 Å². The van der Waals surface area contributed by atoms with Gasteiger partial charge in [0, 0.05) is 19.1 Å². The predicted octanol–water partition coefficient (Wildman–Crippen LogP) is -0.771. The quantitative estimate of drug-likeness (QED) is 0.620. The van der Waals surface area contributed by atoms with Crippen molar-refractivity contribution < 1.29 is 14.3 Å². The minimum atomic E-state index is -1.24. The Morgan fingerprint density at radius 2 is 2.14 bits per heavy atom. The van der Waals surface area contributed by atoms with Crippen LogP contribution in [-0.4, -0.2) is 24.5 Å². The van der Waals surface area contributed by atoms with Gasteiger partial charge in [-0.3, -0.25) is 9.59 Å². The summed E-state index contributed by atoms with van der Waals surface area (Å²) in [5, 5.41) is 0. The van der Waals surface area contributed by atoms with E-state index in [0.717, 1.165) is 0 Å². The lowest BCUT2D eigenvalue weighted by atomic mass is 9.88. The summed E-state index contributed by atoms with van der Waals surface area (Å²) >= 11 is 0. The first-order valence-electron chi connectivity index (χ1n) is 4.05. The van der Waals surface area contributed by atoms with Gasteiger partial charge in [0.25, 0.3) is 5.91 Å². The molecular weight excluding hydrogens is 184 g/mol. The van der Waals surface area contributed by atoms with E-state index < -0.39 is 17.4 Å². The van der Waals surface area contributed by atoms with Crippen molar-refractivity contribution in [2.45, 2.75) is 12.0 Å². The van der Waals surface area contributed by atoms with E-state index in [-0.39, 0.29) is 6.42 Å². The Morgan fingerprint density at radius 3 is 2.57 bits per heavy atom. The lowest BCUT2D eigenvalue weighted by Gasteiger charge is -2.27. The molecule has 0 saturated carbocycles. The molecule has 5 nitrogen and oxygen atoms in total. The highest BCUT2D eigenvalue weighted by Gasteiger charge is 2.37. The summed E-state index contributed by atoms with van der Waals surface area (Å²) in [6.07, 6.45) is 4.69. The second-order valence-corrected chi connectivity index (χ2v) is 3.05. The first kappa shape index (κ1) is 10.5. The maximum absolute atomic E-state index is 11.1. The number of hydrogen-bond donors (Lipinski definition) is 2. The first-order valence-corrected chi connectivity index (χ1v) is 4.05. The van der Waals surface area contributed by atoms with Gasteiger partial charge in [-0.15, -0.1) is 0 Å². The van der Waals surface area contributed by atoms with Gasteiger partial charge in [0.05, 0.1) is 0 Å². The van der Waals surface area contributed by atoms with Crippen LogP contribution in [0, 0.1) is 0 Å². The van der Waals surface area contributed by atoms with Crippen LogP contribution in [0.15, 0.2) is 23.8 Å². The molecule has 1 unspecified atom stereocenters. The van der Waals surface area contributed by atoms with Crippen molar-refractivity contribution in [3.05, 3.63) is 23.8 Å². The van der Waals surface area contributed by atoms with E-state index in [9.17, 15) is 9.59 Å². The molecule has 0 saturated heterocycles. The molecule has 0 aromatic heterocycles. The van der Waals surface area contributed by atoms with Crippen LogP contribution in [0.2, 0.25) is 0 Å². The van der Waals surface area contributed by atoms with Crippen LogP contribution in [0.1, 0.15) is 6.42 Å². The monoisotopic (exact) mass is 196 g/mol. The second kappa shape index (κ2) is 3.63. The van der Waals surface area contributed by atoms with Gasteiger partial charge >= 0.3 is 0 Å². The number of allylic oxidation sites excluding steroid dienone is 2. The molecule has 5 heteroatoms. The molecule has 0 aromatic rings. The molecular formula is C9H12N2O3. The van der Waals surface area contributed by atoms with Gasteiger partial charge in [-0.1, -0.05) is 12.2 Å². The minimum Gasteiger partial charge on any atom is -0.367 e. The van der Waals surface area contributed by atoms with E-state index in [1.54, 1.807) is 6.08 Å². The Balaban J connectivity index is 2.98. The van der Waals surface area contributed by atoms with Crippen LogP contribution < -0.4 is 11.5 Å². The molecule has 0 heterocycles. The van der Waals surface area contributed by atoms with Crippen molar-refractivity contribution in [3.8, 4) is 0 Å². The largest absolute Gasteiger partial charge is 0.367 e. The van der Waals surface area contributed by atoms with Crippen molar-refractivity contribution >= 4 is 11.8 Å². The average molecular weight is 196 g/mol. The number of rotatable bonds is 3. The number of carbonyl (C=O) groups is 2. The van der Waals surface area contributed by atoms with Crippen molar-refractivity contribution in [2.75, 3.05) is 7.11 Å². The number of amides is 2. The molecule has 1 aliphatic rings. The Kier molecular flexibility index (Phi) is 2.71. The molecule has 4 N–H and O–H groups in total. The van der Waals surface area contributed by atoms with Gasteiger partial charge in [-0.25, -0.2) is 0 Å². The number of hydrogen-bond acceptors (Lipinski definition) is 3. The molecule has 2 amide bonds. The molecule has 0 bridgehead atoms. The minimum absolute atomic E-state index is 0.0880. The van der Waals surface area contributed by atoms with Gasteiger partial charge in [-0.05, 0) is 6.08 Å². The zero-order valence-corrected chi connectivity index (χ0v) is 7.82. The Morgan fingerprint density at radius 1 is 1.50 bits per heavy atom. The zero-order valence-electron chi connectivity index (χ0n) is 7.82. The molecule has 0 aliphatic heterocycles. The highest BCUT2D eigenvalue weighted by Crippen LogP contribution is 2.25. The molecule has 14 heavy (non-hydrogen) atoms. The van der Waals surface area contributed by atoms with E-state index in [0.29, 0.717) is 5.57 Å². The summed E-state index contributed by atoms with van der Waals surface area (Å²) in [5.41, 5.74) is 9.36. The summed E-state index contributed by atoms with van der Waals surface area (Å²) in [4.78, 5) is 22.0. The third-order valence-electron chi connectivity index (χ3n) is 2.21. The van der Waals surface area contributed by atoms with E-state index in [1.807, 2.05) is 0 Å². The van der Waals surface area contributed by atoms with Crippen molar-refractivity contribution in [1.29, 1.82) is 0 Å². The highest BCUT2D eigenvalue weighted by atomic mass is 16.5. The predicted molar refractivity (Wildman–Crippen MR) is 50.0 cm³/mol. The standard InChI is InChI=1S/C9H12N2O3/c1-14-9(8(11)13)4-2-3-6(5-9)7(10)12/h2-4H,5H2,1H3,(H2,10,12)(H2,11,13). The van der Waals surface area contributed by atoms with E-state index in [1.165, 1.54) is 19.3 Å². The summed E-state index contributed by atoms with van der Waals surface area (Å²) in [6, 6.07) is 0. The van der Waals surface area contributed by atoms with Crippen LogP contribution >= 0.6 is 0 Å². The van der Waals surface area contributed by atoms with Crippen LogP contribution in [0.4, 0.5) is 0 Å². The lowest BCUT2D eigenvalue weighted by molar-refractivity contribution is -0.134. The Labute approximate surface area is 81.4 Å². The van der Waals surface area contributed by atoms with E-state index in [4.69, 9.17) is 16.2 Å². The smallest absolute Gasteiger partial charge is 0.254 e. The summed E-state index contributed by atoms with van der Waals surface area (Å²) < 4.78 is 5.01. The van der Waals surface area contributed by atoms with Crippen LogP contribution in [0.5, 0.6) is 0 Å². The fraction of sp³-hybridized carbons (Fsp3) is 0.333. The number of methoxy groups -OCH3 is 1. The molecule has 0 fully saturated rings. The number of carbonyl (C=O) groups excluding carboxylic acids is 2. The van der Waals surface area contributed by atoms with Gasteiger partial charge < -0.3 is 16.2 Å². The third-order valence-corrected chi connectivity index (χ3v) is 2.21. The Bertz CT molecular complexity index is 333. The average Bonchev–Trinajstić information content (AvgIpc) is 2.17. The molecule has 0 spiro atoms. The molecule has 1 atom stereocenters. The second-order valence-electron chi connectivity index (χ2n) is 3.05. The van der Waals surface area contributed by atoms with E-state index >= 15 is 0 Å². The van der Waals surface area contributed by atoms with Gasteiger partial charge in [0.1, 0.15) is 0 Å². The summed E-state index contributed by atoms with van der Waals surface area (Å²) in [6.45, 7) is 0.